The van der Waals surface area contributed by atoms with Gasteiger partial charge in [0.05, 0.1) is 7.11 Å². The van der Waals surface area contributed by atoms with Crippen molar-refractivity contribution in [3.8, 4) is 0 Å². The van der Waals surface area contributed by atoms with Gasteiger partial charge in [0.25, 0.3) is 0 Å². The molecule has 0 spiro atoms. The molecule has 0 aromatic heterocycles. The van der Waals surface area contributed by atoms with Crippen LogP contribution in [0.15, 0.2) is 12.7 Å². The van der Waals surface area contributed by atoms with E-state index in [1.807, 2.05) is 13.8 Å². The Hall–Kier alpha value is -0.830. The molecule has 1 atom stereocenters. The highest BCUT2D eigenvalue weighted by Gasteiger charge is 2.37. The third-order valence-electron chi connectivity index (χ3n) is 2.08. The van der Waals surface area contributed by atoms with Gasteiger partial charge in [-0.1, -0.05) is 19.9 Å². The van der Waals surface area contributed by atoms with E-state index in [0.717, 1.165) is 0 Å². The van der Waals surface area contributed by atoms with Crippen LogP contribution in [0, 0.1) is 5.92 Å². The zero-order valence-electron chi connectivity index (χ0n) is 7.96. The SMILES string of the molecule is C=CC[C@@](N)(C(=O)OC)C(C)C. The summed E-state index contributed by atoms with van der Waals surface area (Å²) in [5, 5.41) is 0. The molecule has 0 aliphatic heterocycles. The van der Waals surface area contributed by atoms with Gasteiger partial charge in [-0.25, -0.2) is 0 Å². The molecule has 0 saturated heterocycles. The fourth-order valence-electron chi connectivity index (χ4n) is 0.984. The first-order valence-corrected chi connectivity index (χ1v) is 3.97. The van der Waals surface area contributed by atoms with E-state index in [9.17, 15) is 4.79 Å². The van der Waals surface area contributed by atoms with Crippen LogP contribution in [0.3, 0.4) is 0 Å². The topological polar surface area (TPSA) is 52.3 Å². The van der Waals surface area contributed by atoms with Crippen LogP contribution in [0.25, 0.3) is 0 Å². The molecule has 0 heterocycles. The maximum absolute atomic E-state index is 11.3. The molecule has 0 rings (SSSR count). The summed E-state index contributed by atoms with van der Waals surface area (Å²) in [6, 6.07) is 0. The van der Waals surface area contributed by atoms with Gasteiger partial charge >= 0.3 is 5.97 Å². The largest absolute Gasteiger partial charge is 0.468 e. The molecule has 0 aromatic carbocycles. The quantitative estimate of drug-likeness (QED) is 0.509. The van der Waals surface area contributed by atoms with Crippen molar-refractivity contribution in [1.82, 2.24) is 0 Å². The summed E-state index contributed by atoms with van der Waals surface area (Å²) in [4.78, 5) is 11.3. The van der Waals surface area contributed by atoms with Crippen LogP contribution in [-0.2, 0) is 9.53 Å². The van der Waals surface area contributed by atoms with Crippen LogP contribution in [-0.4, -0.2) is 18.6 Å². The summed E-state index contributed by atoms with van der Waals surface area (Å²) in [5.74, 6) is -0.333. The fraction of sp³-hybridized carbons (Fsp3) is 0.667. The molecule has 0 aliphatic rings. The van der Waals surface area contributed by atoms with Crippen molar-refractivity contribution in [2.45, 2.75) is 25.8 Å². The Labute approximate surface area is 73.6 Å². The molecule has 0 aromatic rings. The molecule has 0 unspecified atom stereocenters. The number of esters is 1. The number of hydrogen-bond donors (Lipinski definition) is 1. The molecule has 0 saturated carbocycles. The minimum Gasteiger partial charge on any atom is -0.468 e. The van der Waals surface area contributed by atoms with Crippen LogP contribution in [0.2, 0.25) is 0 Å². The number of nitrogens with two attached hydrogens (primary N) is 1. The van der Waals surface area contributed by atoms with E-state index in [1.54, 1.807) is 6.08 Å². The van der Waals surface area contributed by atoms with Crippen LogP contribution >= 0.6 is 0 Å². The summed E-state index contributed by atoms with van der Waals surface area (Å²) >= 11 is 0. The van der Waals surface area contributed by atoms with Crippen molar-refractivity contribution in [3.05, 3.63) is 12.7 Å². The molecule has 12 heavy (non-hydrogen) atoms. The van der Waals surface area contributed by atoms with E-state index in [2.05, 4.69) is 11.3 Å². The summed E-state index contributed by atoms with van der Waals surface area (Å²) in [6.45, 7) is 7.34. The smallest absolute Gasteiger partial charge is 0.326 e. The van der Waals surface area contributed by atoms with Crippen molar-refractivity contribution < 1.29 is 9.53 Å². The zero-order valence-corrected chi connectivity index (χ0v) is 7.96. The summed E-state index contributed by atoms with van der Waals surface area (Å²) in [7, 11) is 1.34. The Morgan fingerprint density at radius 3 is 2.50 bits per heavy atom. The molecule has 0 amide bonds. The Balaban J connectivity index is 4.60. The fourth-order valence-corrected chi connectivity index (χ4v) is 0.984. The monoisotopic (exact) mass is 171 g/mol. The third kappa shape index (κ3) is 2.08. The number of hydrogen-bond acceptors (Lipinski definition) is 3. The summed E-state index contributed by atoms with van der Waals surface area (Å²) in [6.07, 6.45) is 2.08. The van der Waals surface area contributed by atoms with E-state index in [-0.39, 0.29) is 11.9 Å². The molecule has 2 N–H and O–H groups in total. The van der Waals surface area contributed by atoms with Gasteiger partial charge < -0.3 is 10.5 Å². The number of carbonyl (C=O) groups is 1. The van der Waals surface area contributed by atoms with Crippen LogP contribution in [0.4, 0.5) is 0 Å². The predicted octanol–water partition coefficient (Wildman–Crippen LogP) is 1.09. The highest BCUT2D eigenvalue weighted by atomic mass is 16.5. The minimum absolute atomic E-state index is 0.0444. The second-order valence-electron chi connectivity index (χ2n) is 3.18. The first-order valence-electron chi connectivity index (χ1n) is 3.97. The lowest BCUT2D eigenvalue weighted by Crippen LogP contribution is -2.52. The van der Waals surface area contributed by atoms with Crippen molar-refractivity contribution in [3.63, 3.8) is 0 Å². The maximum atomic E-state index is 11.3. The van der Waals surface area contributed by atoms with Gasteiger partial charge in [-0.3, -0.25) is 4.79 Å². The van der Waals surface area contributed by atoms with Crippen molar-refractivity contribution in [2.75, 3.05) is 7.11 Å². The van der Waals surface area contributed by atoms with Gasteiger partial charge in [0, 0.05) is 0 Å². The number of ether oxygens (including phenoxy) is 1. The lowest BCUT2D eigenvalue weighted by molar-refractivity contribution is -0.148. The molecule has 0 radical (unpaired) electrons. The third-order valence-corrected chi connectivity index (χ3v) is 2.08. The van der Waals surface area contributed by atoms with Gasteiger partial charge in [0.2, 0.25) is 0 Å². The standard InChI is InChI=1S/C9H17NO2/c1-5-6-9(10,7(2)3)8(11)12-4/h5,7H,1,6,10H2,2-4H3/t9-/m0/s1. The highest BCUT2D eigenvalue weighted by molar-refractivity contribution is 5.81. The molecule has 3 nitrogen and oxygen atoms in total. The summed E-state index contributed by atoms with van der Waals surface area (Å²) in [5.41, 5.74) is 4.94. The number of carbonyl (C=O) groups excluding carboxylic acids is 1. The first-order chi connectivity index (χ1) is 5.49. The van der Waals surface area contributed by atoms with Gasteiger partial charge in [-0.15, -0.1) is 6.58 Å². The van der Waals surface area contributed by atoms with Gasteiger partial charge in [0.1, 0.15) is 5.54 Å². The van der Waals surface area contributed by atoms with E-state index >= 15 is 0 Å². The molecular formula is C9H17NO2. The van der Waals surface area contributed by atoms with E-state index in [4.69, 9.17) is 5.73 Å². The van der Waals surface area contributed by atoms with E-state index in [0.29, 0.717) is 6.42 Å². The maximum Gasteiger partial charge on any atom is 0.326 e. The second-order valence-corrected chi connectivity index (χ2v) is 3.18. The molecule has 3 heteroatoms. The predicted molar refractivity (Wildman–Crippen MR) is 48.6 cm³/mol. The van der Waals surface area contributed by atoms with Crippen LogP contribution in [0.1, 0.15) is 20.3 Å². The van der Waals surface area contributed by atoms with E-state index < -0.39 is 5.54 Å². The molecule has 0 bridgehead atoms. The Morgan fingerprint density at radius 2 is 2.25 bits per heavy atom. The highest BCUT2D eigenvalue weighted by Crippen LogP contribution is 2.19. The van der Waals surface area contributed by atoms with Gasteiger partial charge in [-0.2, -0.15) is 0 Å². The van der Waals surface area contributed by atoms with Crippen LogP contribution < -0.4 is 5.73 Å². The van der Waals surface area contributed by atoms with Gasteiger partial charge in [-0.05, 0) is 12.3 Å². The van der Waals surface area contributed by atoms with Crippen molar-refractivity contribution >= 4 is 5.97 Å². The molecule has 70 valence electrons. The molecule has 0 fully saturated rings. The van der Waals surface area contributed by atoms with Crippen molar-refractivity contribution in [1.29, 1.82) is 0 Å². The normalized spacial score (nSPS) is 15.4. The van der Waals surface area contributed by atoms with Crippen LogP contribution in [0.5, 0.6) is 0 Å². The Bertz CT molecular complexity index is 177. The Kier molecular flexibility index (Phi) is 3.96. The lowest BCUT2D eigenvalue weighted by atomic mass is 9.84. The number of methoxy groups -OCH3 is 1. The zero-order chi connectivity index (χ0) is 9.78. The molecular weight excluding hydrogens is 154 g/mol. The van der Waals surface area contributed by atoms with E-state index in [1.165, 1.54) is 7.11 Å². The first kappa shape index (κ1) is 11.2. The number of rotatable bonds is 4. The average molecular weight is 171 g/mol. The second kappa shape index (κ2) is 4.26. The summed E-state index contributed by atoms with van der Waals surface area (Å²) < 4.78 is 4.62. The minimum atomic E-state index is -0.920. The average Bonchev–Trinajstić information content (AvgIpc) is 2.03. The lowest BCUT2D eigenvalue weighted by Gasteiger charge is -2.29. The van der Waals surface area contributed by atoms with Gasteiger partial charge in [0.15, 0.2) is 0 Å². The molecule has 0 aliphatic carbocycles. The van der Waals surface area contributed by atoms with Crippen molar-refractivity contribution in [2.24, 2.45) is 11.7 Å². The Morgan fingerprint density at radius 1 is 1.75 bits per heavy atom.